The molecular weight excluding hydrogens is 1780 g/mol. The summed E-state index contributed by atoms with van der Waals surface area (Å²) < 4.78 is 81.9. The van der Waals surface area contributed by atoms with Crippen LogP contribution in [0.2, 0.25) is 0 Å². The number of carbonyl (C=O) groups is 2. The summed E-state index contributed by atoms with van der Waals surface area (Å²) in [5.74, 6) is 3.41. The van der Waals surface area contributed by atoms with E-state index in [1.165, 1.54) is 25.9 Å². The molecule has 2 aliphatic carbocycles. The van der Waals surface area contributed by atoms with Gasteiger partial charge in [-0.25, -0.2) is 31.8 Å². The topological polar surface area (TPSA) is 256 Å². The van der Waals surface area contributed by atoms with E-state index in [2.05, 4.69) is 94.7 Å². The monoisotopic (exact) mass is 1850 g/mol. The quantitative estimate of drug-likeness (QED) is 0.0357. The number of nitrogens with zero attached hydrogens (tertiary/aromatic N) is 6. The molecule has 0 aliphatic heterocycles. The van der Waals surface area contributed by atoms with Gasteiger partial charge in [0.15, 0.2) is 0 Å². The average Bonchev–Trinajstić information content (AvgIpc) is 4.07. The van der Waals surface area contributed by atoms with Gasteiger partial charge < -0.3 is 39.1 Å². The van der Waals surface area contributed by atoms with Crippen LogP contribution in [0.4, 0.5) is 5.95 Å². The fourth-order valence-corrected chi connectivity index (χ4v) is 10.2. The van der Waals surface area contributed by atoms with Gasteiger partial charge in [0.2, 0.25) is 11.1 Å². The summed E-state index contributed by atoms with van der Waals surface area (Å²) in [7, 11) is -5.81. The third-order valence-electron chi connectivity index (χ3n) is 12.2. The van der Waals surface area contributed by atoms with Gasteiger partial charge in [-0.15, -0.1) is 36.4 Å². The van der Waals surface area contributed by atoms with E-state index < -0.39 is 30.5 Å². The Labute approximate surface area is 542 Å². The number of ether oxygens (including phenoxy) is 4. The van der Waals surface area contributed by atoms with E-state index in [-0.39, 0.29) is 82.9 Å². The zero-order valence-electron chi connectivity index (χ0n) is 44.2. The number of aromatic nitrogens is 6. The zero-order chi connectivity index (χ0) is 56.5. The Hall–Kier alpha value is -1.30. The van der Waals surface area contributed by atoms with Crippen molar-refractivity contribution >= 4 is 181 Å². The van der Waals surface area contributed by atoms with Crippen LogP contribution in [0.25, 0.3) is 33.4 Å². The third kappa shape index (κ3) is 25.4. The van der Waals surface area contributed by atoms with E-state index in [1.807, 2.05) is 83.0 Å². The molecule has 29 heteroatoms. The molecular formula is C50H68ClI6N8O11S3-. The second-order valence-electron chi connectivity index (χ2n) is 17.9. The van der Waals surface area contributed by atoms with Crippen molar-refractivity contribution in [1.29, 1.82) is 0 Å². The Morgan fingerprint density at radius 3 is 1.65 bits per heavy atom. The Balaban J connectivity index is 0.000000418. The Morgan fingerprint density at radius 2 is 1.19 bits per heavy atom. The molecule has 8 rings (SSSR count). The first-order valence-electron chi connectivity index (χ1n) is 24.4. The minimum absolute atomic E-state index is 0. The molecule has 1 unspecified atom stereocenters. The molecule has 0 saturated heterocycles. The average molecular weight is 1850 g/mol. The third-order valence-corrected chi connectivity index (χ3v) is 15.0. The molecule has 4 heterocycles. The van der Waals surface area contributed by atoms with Crippen LogP contribution in [0, 0.1) is 11.8 Å². The van der Waals surface area contributed by atoms with Gasteiger partial charge in [-0.1, -0.05) is 12.1 Å². The summed E-state index contributed by atoms with van der Waals surface area (Å²) in [4.78, 5) is 40.4. The number of anilines is 1. The van der Waals surface area contributed by atoms with Gasteiger partial charge in [0, 0.05) is 104 Å². The fraction of sp³-hybridized carbons (Fsp3) is 0.480. The van der Waals surface area contributed by atoms with Crippen LogP contribution in [0.15, 0.2) is 90.6 Å². The number of nitrogens with two attached hydrogens (primary N) is 1. The van der Waals surface area contributed by atoms with Gasteiger partial charge in [-0.2, -0.15) is 4.98 Å². The number of nitrogens with one attached hydrogen (secondary N) is 1. The van der Waals surface area contributed by atoms with Crippen molar-refractivity contribution in [3.8, 4) is 23.1 Å². The van der Waals surface area contributed by atoms with Crippen molar-refractivity contribution in [2.24, 2.45) is 17.6 Å². The SMILES string of the molecule is CCOC(=O)C1CCC(N)CC1.COC(=O)C1CCC(Nc2nccc(-n3ccc4c(OCCCS(C)(=O)=O)cccc43)n2)CC1.CS(=O)c1nccc(-n2ccc3c(OCCCS(C)(=O)=O)cccc32)n1.Cl.I.II.I[I-]I. The van der Waals surface area contributed by atoms with E-state index in [0.29, 0.717) is 75.2 Å². The summed E-state index contributed by atoms with van der Waals surface area (Å²) in [6, 6.07) is 19.4. The maximum atomic E-state index is 11.7. The molecule has 2 saturated carbocycles. The molecule has 2 aromatic carbocycles. The number of methoxy groups -OCH3 is 1. The summed E-state index contributed by atoms with van der Waals surface area (Å²) in [5.41, 5.74) is 7.54. The minimum atomic E-state index is -3.00. The van der Waals surface area contributed by atoms with E-state index in [0.717, 1.165) is 79.0 Å². The Kier molecular flexibility index (Phi) is 36.1. The molecule has 3 N–H and O–H groups in total. The second-order valence-corrected chi connectivity index (χ2v) is 40.0. The number of halogens is 7. The molecule has 4 aromatic heterocycles. The fourth-order valence-electron chi connectivity index (χ4n) is 8.53. The van der Waals surface area contributed by atoms with Crippen molar-refractivity contribution in [2.75, 3.05) is 62.5 Å². The van der Waals surface area contributed by atoms with E-state index in [4.69, 9.17) is 29.7 Å². The van der Waals surface area contributed by atoms with E-state index in [9.17, 15) is 30.6 Å². The van der Waals surface area contributed by atoms with Gasteiger partial charge in [0.25, 0.3) is 0 Å². The number of fused-ring (bicyclic) bond motifs is 2. The van der Waals surface area contributed by atoms with Crippen LogP contribution in [-0.2, 0) is 49.5 Å². The molecule has 2 fully saturated rings. The molecule has 0 spiro atoms. The van der Waals surface area contributed by atoms with Crippen molar-refractivity contribution in [1.82, 2.24) is 29.1 Å². The van der Waals surface area contributed by atoms with Gasteiger partial charge in [-0.3, -0.25) is 13.8 Å². The normalized spacial score (nSPS) is 17.1. The van der Waals surface area contributed by atoms with Gasteiger partial charge >= 0.3 is 62.4 Å². The standard InChI is InChI=1S/C24H30N4O5S.C17H19N3O4S2.C9H17NO2.ClH.I3.I2.HI/c1-32-23(29)17-7-9-18(10-8-17)26-24-25-13-11-22(27-24)28-14-12-19-20(28)5-3-6-21(19)33-15-4-16-34(2,30)31;1-25(21)17-18-9-7-16(19-17)20-10-8-13-14(20)5-3-6-15(13)24-11-4-12-26(2,22)23;1-2-12-9(11)7-3-5-8(10)6-4-7;;1-3-2;1-2;/h3,5-6,11-14,17-18H,4,7-10,15-16H2,1-2H3,(H,25,26,27);3,5-10H,4,11-12H2,1-2H3;7-8H,2-6,10H2,1H3;1H;;;1H/q;;;;-1;;. The first-order chi connectivity index (χ1) is 36.8. The van der Waals surface area contributed by atoms with Crippen molar-refractivity contribution in [3.05, 3.63) is 85.5 Å². The number of benzene rings is 2. The number of sulfone groups is 2. The van der Waals surface area contributed by atoms with Crippen LogP contribution in [0.3, 0.4) is 0 Å². The summed E-state index contributed by atoms with van der Waals surface area (Å²) >= 11 is 9.54. The molecule has 0 bridgehead atoms. The van der Waals surface area contributed by atoms with Crippen molar-refractivity contribution in [2.45, 2.75) is 88.4 Å². The van der Waals surface area contributed by atoms with Gasteiger partial charge in [-0.05, 0) is 120 Å². The molecule has 6 aromatic rings. The molecule has 0 amide bonds. The second kappa shape index (κ2) is 38.6. The van der Waals surface area contributed by atoms with E-state index >= 15 is 0 Å². The predicted molar refractivity (Wildman–Crippen MR) is 356 cm³/mol. The molecule has 442 valence electrons. The predicted octanol–water partition coefficient (Wildman–Crippen LogP) is 8.00. The van der Waals surface area contributed by atoms with Crippen LogP contribution >= 0.6 is 111 Å². The number of rotatable bonds is 18. The number of carbonyl (C=O) groups excluding carboxylic acids is 2. The van der Waals surface area contributed by atoms with Crippen molar-refractivity contribution in [3.63, 3.8) is 0 Å². The number of esters is 2. The number of hydrogen-bond donors (Lipinski definition) is 2. The van der Waals surface area contributed by atoms with Crippen LogP contribution in [-0.4, -0.2) is 131 Å². The number of hydrogen-bond acceptors (Lipinski definition) is 17. The van der Waals surface area contributed by atoms with Gasteiger partial charge in [0.05, 0.1) is 72.1 Å². The van der Waals surface area contributed by atoms with Gasteiger partial charge in [0.1, 0.15) is 42.8 Å². The summed E-state index contributed by atoms with van der Waals surface area (Å²) in [6.45, 7) is 2.98. The molecule has 0 radical (unpaired) electrons. The first kappa shape index (κ1) is 73.8. The Morgan fingerprint density at radius 1 is 0.734 bits per heavy atom. The molecule has 2 aliphatic rings. The molecule has 79 heavy (non-hydrogen) atoms. The molecule has 1 atom stereocenters. The van der Waals surface area contributed by atoms with Crippen LogP contribution in [0.1, 0.15) is 71.1 Å². The van der Waals surface area contributed by atoms with Crippen LogP contribution < -0.4 is 33.8 Å². The molecule has 19 nitrogen and oxygen atoms in total. The Bertz CT molecular complexity index is 3060. The van der Waals surface area contributed by atoms with Crippen molar-refractivity contribution < 1.29 is 62.8 Å². The van der Waals surface area contributed by atoms with E-state index in [1.54, 1.807) is 18.5 Å². The summed E-state index contributed by atoms with van der Waals surface area (Å²) in [5, 5.41) is 5.50. The zero-order valence-corrected chi connectivity index (χ0v) is 60.6. The van der Waals surface area contributed by atoms with Crippen LogP contribution in [0.5, 0.6) is 11.5 Å². The summed E-state index contributed by atoms with van der Waals surface area (Å²) in [6.07, 6.45) is 19.0. The maximum absolute atomic E-state index is 11.7. The first-order valence-corrected chi connectivity index (χ1v) is 49.0.